The predicted octanol–water partition coefficient (Wildman–Crippen LogP) is 4.01. The number of anilines is 2. The van der Waals surface area contributed by atoms with E-state index in [1.807, 2.05) is 53.3 Å². The highest BCUT2D eigenvalue weighted by molar-refractivity contribution is 5.80. The molecule has 2 aromatic carbocycles. The van der Waals surface area contributed by atoms with E-state index in [1.54, 1.807) is 18.7 Å². The first-order chi connectivity index (χ1) is 13.8. The summed E-state index contributed by atoms with van der Waals surface area (Å²) in [4.78, 5) is 16.4. The molecule has 0 saturated heterocycles. The van der Waals surface area contributed by atoms with Gasteiger partial charge in [0, 0.05) is 18.0 Å². The number of fused-ring (bicyclic) bond motifs is 1. The Kier molecular flexibility index (Phi) is 4.02. The van der Waals surface area contributed by atoms with E-state index in [1.165, 1.54) is 5.56 Å². The molecule has 2 N–H and O–H groups in total. The van der Waals surface area contributed by atoms with Crippen LogP contribution in [0, 0.1) is 0 Å². The van der Waals surface area contributed by atoms with Crippen molar-refractivity contribution in [2.24, 2.45) is 0 Å². The Morgan fingerprint density at radius 2 is 1.93 bits per heavy atom. The number of imidazole rings is 1. The van der Waals surface area contributed by atoms with Gasteiger partial charge < -0.3 is 10.3 Å². The molecule has 0 fully saturated rings. The van der Waals surface area contributed by atoms with Crippen molar-refractivity contribution in [2.75, 3.05) is 5.32 Å². The highest BCUT2D eigenvalue weighted by Gasteiger charge is 2.06. The normalized spacial score (nSPS) is 11.0. The van der Waals surface area contributed by atoms with Crippen LogP contribution in [0.25, 0.3) is 22.3 Å². The van der Waals surface area contributed by atoms with Crippen molar-refractivity contribution in [3.05, 3.63) is 85.1 Å². The standard InChI is InChI=1S/C21H17N7/c1-2-4-15(5-3-1)12-28-13-17(11-25-28)26-21-22-9-8-18(27-21)16-6-7-19-20(10-16)24-14-23-19/h1-11,13-14H,12H2,(H,23,24)(H,22,26,27). The number of nitrogens with zero attached hydrogens (tertiary/aromatic N) is 5. The van der Waals surface area contributed by atoms with Crippen molar-refractivity contribution in [3.8, 4) is 11.3 Å². The molecule has 0 aliphatic rings. The second kappa shape index (κ2) is 6.96. The van der Waals surface area contributed by atoms with Gasteiger partial charge in [-0.2, -0.15) is 5.10 Å². The molecule has 0 bridgehead atoms. The van der Waals surface area contributed by atoms with E-state index in [-0.39, 0.29) is 0 Å². The van der Waals surface area contributed by atoms with E-state index >= 15 is 0 Å². The Labute approximate surface area is 161 Å². The van der Waals surface area contributed by atoms with E-state index < -0.39 is 0 Å². The molecule has 0 spiro atoms. The molecule has 0 aliphatic heterocycles. The van der Waals surface area contributed by atoms with Gasteiger partial charge >= 0.3 is 0 Å². The zero-order valence-electron chi connectivity index (χ0n) is 14.9. The van der Waals surface area contributed by atoms with Gasteiger partial charge in [-0.3, -0.25) is 4.68 Å². The molecule has 0 saturated carbocycles. The van der Waals surface area contributed by atoms with Crippen LogP contribution in [0.5, 0.6) is 0 Å². The third-order valence-electron chi connectivity index (χ3n) is 4.45. The van der Waals surface area contributed by atoms with Gasteiger partial charge in [-0.25, -0.2) is 15.0 Å². The van der Waals surface area contributed by atoms with Gasteiger partial charge in [0.25, 0.3) is 0 Å². The van der Waals surface area contributed by atoms with Crippen LogP contribution in [-0.2, 0) is 6.54 Å². The number of hydrogen-bond donors (Lipinski definition) is 2. The lowest BCUT2D eigenvalue weighted by atomic mass is 10.1. The van der Waals surface area contributed by atoms with E-state index in [0.29, 0.717) is 12.5 Å². The Morgan fingerprint density at radius 3 is 2.86 bits per heavy atom. The summed E-state index contributed by atoms with van der Waals surface area (Å²) < 4.78 is 1.88. The minimum Gasteiger partial charge on any atom is -0.345 e. The van der Waals surface area contributed by atoms with Crippen molar-refractivity contribution in [1.82, 2.24) is 29.7 Å². The number of rotatable bonds is 5. The van der Waals surface area contributed by atoms with E-state index in [0.717, 1.165) is 28.0 Å². The maximum absolute atomic E-state index is 4.63. The van der Waals surface area contributed by atoms with Gasteiger partial charge in [0.15, 0.2) is 0 Å². The molecule has 136 valence electrons. The van der Waals surface area contributed by atoms with Crippen LogP contribution in [0.3, 0.4) is 0 Å². The van der Waals surface area contributed by atoms with Crippen molar-refractivity contribution >= 4 is 22.7 Å². The summed E-state index contributed by atoms with van der Waals surface area (Å²) in [5.41, 5.74) is 5.78. The monoisotopic (exact) mass is 367 g/mol. The number of nitrogens with one attached hydrogen (secondary N) is 2. The summed E-state index contributed by atoms with van der Waals surface area (Å²) in [6.45, 7) is 0.715. The van der Waals surface area contributed by atoms with Crippen LogP contribution in [0.1, 0.15) is 5.56 Å². The molecule has 0 amide bonds. The molecule has 7 heteroatoms. The van der Waals surface area contributed by atoms with Crippen LogP contribution in [-0.4, -0.2) is 29.7 Å². The second-order valence-corrected chi connectivity index (χ2v) is 6.44. The molecule has 5 rings (SSSR count). The number of benzene rings is 2. The average molecular weight is 367 g/mol. The quantitative estimate of drug-likeness (QED) is 0.490. The fourth-order valence-corrected chi connectivity index (χ4v) is 3.09. The van der Waals surface area contributed by atoms with Gasteiger partial charge in [-0.05, 0) is 23.8 Å². The van der Waals surface area contributed by atoms with Crippen LogP contribution in [0.4, 0.5) is 11.6 Å². The lowest BCUT2D eigenvalue weighted by molar-refractivity contribution is 0.687. The Morgan fingerprint density at radius 1 is 1.00 bits per heavy atom. The lowest BCUT2D eigenvalue weighted by Crippen LogP contribution is -2.00. The summed E-state index contributed by atoms with van der Waals surface area (Å²) in [7, 11) is 0. The Bertz CT molecular complexity index is 1220. The Balaban J connectivity index is 1.35. The van der Waals surface area contributed by atoms with Gasteiger partial charge in [-0.15, -0.1) is 0 Å². The van der Waals surface area contributed by atoms with Crippen molar-refractivity contribution in [3.63, 3.8) is 0 Å². The maximum atomic E-state index is 4.63. The Hall–Kier alpha value is -4.00. The zero-order valence-corrected chi connectivity index (χ0v) is 14.9. The predicted molar refractivity (Wildman–Crippen MR) is 108 cm³/mol. The van der Waals surface area contributed by atoms with Gasteiger partial charge in [0.05, 0.1) is 41.5 Å². The summed E-state index contributed by atoms with van der Waals surface area (Å²) in [5.74, 6) is 0.527. The summed E-state index contributed by atoms with van der Waals surface area (Å²) in [6, 6.07) is 18.1. The third-order valence-corrected chi connectivity index (χ3v) is 4.45. The molecule has 0 aliphatic carbocycles. The van der Waals surface area contributed by atoms with E-state index in [4.69, 9.17) is 0 Å². The SMILES string of the molecule is c1ccc(Cn2cc(Nc3nccc(-c4ccc5[nH]cnc5c4)n3)cn2)cc1. The number of H-pyrrole nitrogens is 1. The molecule has 3 aromatic heterocycles. The fourth-order valence-electron chi connectivity index (χ4n) is 3.09. The van der Waals surface area contributed by atoms with Crippen LogP contribution < -0.4 is 5.32 Å². The van der Waals surface area contributed by atoms with Crippen molar-refractivity contribution in [1.29, 1.82) is 0 Å². The maximum Gasteiger partial charge on any atom is 0.227 e. The van der Waals surface area contributed by atoms with Crippen molar-refractivity contribution in [2.45, 2.75) is 6.54 Å². The highest BCUT2D eigenvalue weighted by atomic mass is 15.3. The average Bonchev–Trinajstić information content (AvgIpc) is 3.38. The second-order valence-electron chi connectivity index (χ2n) is 6.44. The molecular weight excluding hydrogens is 350 g/mol. The molecule has 0 unspecified atom stereocenters. The minimum atomic E-state index is 0.527. The summed E-state index contributed by atoms with van der Waals surface area (Å²) >= 11 is 0. The van der Waals surface area contributed by atoms with Crippen LogP contribution in [0.2, 0.25) is 0 Å². The van der Waals surface area contributed by atoms with Gasteiger partial charge in [0.2, 0.25) is 5.95 Å². The highest BCUT2D eigenvalue weighted by Crippen LogP contribution is 2.22. The molecule has 28 heavy (non-hydrogen) atoms. The number of aromatic nitrogens is 6. The van der Waals surface area contributed by atoms with E-state index in [2.05, 4.69) is 42.5 Å². The molecule has 0 radical (unpaired) electrons. The minimum absolute atomic E-state index is 0.527. The molecule has 3 heterocycles. The molecule has 5 aromatic rings. The largest absolute Gasteiger partial charge is 0.345 e. The fraction of sp³-hybridized carbons (Fsp3) is 0.0476. The molecule has 7 nitrogen and oxygen atoms in total. The van der Waals surface area contributed by atoms with Crippen molar-refractivity contribution < 1.29 is 0 Å². The molecule has 0 atom stereocenters. The van der Waals surface area contributed by atoms with Gasteiger partial charge in [-0.1, -0.05) is 36.4 Å². The summed E-state index contributed by atoms with van der Waals surface area (Å²) in [6.07, 6.45) is 7.15. The first-order valence-electron chi connectivity index (χ1n) is 8.93. The first kappa shape index (κ1) is 16.2. The van der Waals surface area contributed by atoms with Crippen LogP contribution >= 0.6 is 0 Å². The first-order valence-corrected chi connectivity index (χ1v) is 8.93. The van der Waals surface area contributed by atoms with Crippen LogP contribution in [0.15, 0.2) is 79.5 Å². The zero-order chi connectivity index (χ0) is 18.8. The smallest absolute Gasteiger partial charge is 0.227 e. The third kappa shape index (κ3) is 3.33. The summed E-state index contributed by atoms with van der Waals surface area (Å²) in [5, 5.41) is 7.63. The van der Waals surface area contributed by atoms with Gasteiger partial charge in [0.1, 0.15) is 0 Å². The van der Waals surface area contributed by atoms with E-state index in [9.17, 15) is 0 Å². The number of hydrogen-bond acceptors (Lipinski definition) is 5. The topological polar surface area (TPSA) is 84.3 Å². The molecular formula is C21H17N7. The lowest BCUT2D eigenvalue weighted by Gasteiger charge is -2.05. The number of aromatic amines is 1.